The molecule has 0 amide bonds. The van der Waals surface area contributed by atoms with Gasteiger partial charge in [0.05, 0.1) is 7.11 Å². The smallest absolute Gasteiger partial charge is 0.194 e. The van der Waals surface area contributed by atoms with Gasteiger partial charge in [-0.1, -0.05) is 36.4 Å². The minimum Gasteiger partial charge on any atom is -0.496 e. The second kappa shape index (κ2) is 4.94. The number of carbonyl (C=O) groups is 1. The van der Waals surface area contributed by atoms with Crippen LogP contribution in [0.4, 0.5) is 0 Å². The molecule has 0 heterocycles. The maximum absolute atomic E-state index is 13.2. The van der Waals surface area contributed by atoms with Crippen molar-refractivity contribution in [1.82, 2.24) is 0 Å². The molecule has 0 saturated heterocycles. The van der Waals surface area contributed by atoms with Crippen molar-refractivity contribution in [2.45, 2.75) is 25.7 Å². The second-order valence-electron chi connectivity index (χ2n) is 6.71. The van der Waals surface area contributed by atoms with Crippen molar-refractivity contribution in [1.29, 1.82) is 0 Å². The van der Waals surface area contributed by atoms with E-state index >= 15 is 0 Å². The van der Waals surface area contributed by atoms with Crippen LogP contribution in [0.1, 0.15) is 39.9 Å². The molecule has 2 aliphatic rings. The number of carbonyl (C=O) groups excluding carboxylic acids is 1. The van der Waals surface area contributed by atoms with E-state index in [4.69, 9.17) is 4.74 Å². The standard InChI is InChI=1S/C22H18O2/c1-24-19-12-18-20(16-9-5-4-8-15(16)19)17-11-10-13-6-2-3-7-14(13)21(17)22(18)23/h4-5,8-12H,2-3,6-7H2,1H3. The van der Waals surface area contributed by atoms with Gasteiger partial charge in [-0.05, 0) is 53.8 Å². The molecule has 2 nitrogen and oxygen atoms in total. The average molecular weight is 314 g/mol. The number of rotatable bonds is 1. The van der Waals surface area contributed by atoms with Crippen molar-refractivity contribution in [2.24, 2.45) is 0 Å². The summed E-state index contributed by atoms with van der Waals surface area (Å²) in [6.07, 6.45) is 4.52. The molecule has 0 radical (unpaired) electrons. The van der Waals surface area contributed by atoms with Gasteiger partial charge in [-0.25, -0.2) is 0 Å². The van der Waals surface area contributed by atoms with Gasteiger partial charge in [-0.3, -0.25) is 4.79 Å². The lowest BCUT2D eigenvalue weighted by atomic mass is 9.85. The number of benzene rings is 3. The van der Waals surface area contributed by atoms with Crippen LogP contribution >= 0.6 is 0 Å². The molecule has 0 saturated carbocycles. The average Bonchev–Trinajstić information content (AvgIpc) is 2.94. The summed E-state index contributed by atoms with van der Waals surface area (Å²) in [5.74, 6) is 0.946. The highest BCUT2D eigenvalue weighted by atomic mass is 16.5. The first-order chi connectivity index (χ1) is 11.8. The van der Waals surface area contributed by atoms with Crippen LogP contribution in [0.3, 0.4) is 0 Å². The Bertz CT molecular complexity index is 1010. The predicted molar refractivity (Wildman–Crippen MR) is 96.0 cm³/mol. The van der Waals surface area contributed by atoms with Gasteiger partial charge in [-0.15, -0.1) is 0 Å². The number of methoxy groups -OCH3 is 1. The maximum Gasteiger partial charge on any atom is 0.194 e. The van der Waals surface area contributed by atoms with E-state index in [0.717, 1.165) is 51.6 Å². The summed E-state index contributed by atoms with van der Waals surface area (Å²) < 4.78 is 5.56. The first kappa shape index (κ1) is 13.8. The quantitative estimate of drug-likeness (QED) is 0.497. The molecule has 5 rings (SSSR count). The van der Waals surface area contributed by atoms with E-state index in [-0.39, 0.29) is 5.78 Å². The third kappa shape index (κ3) is 1.68. The molecular formula is C22H18O2. The molecule has 0 fully saturated rings. The lowest BCUT2D eigenvalue weighted by Gasteiger charge is -2.18. The summed E-state index contributed by atoms with van der Waals surface area (Å²) in [7, 11) is 1.67. The van der Waals surface area contributed by atoms with E-state index in [1.54, 1.807) is 7.11 Å². The minimum atomic E-state index is 0.169. The van der Waals surface area contributed by atoms with Crippen molar-refractivity contribution >= 4 is 16.6 Å². The summed E-state index contributed by atoms with van der Waals surface area (Å²) >= 11 is 0. The molecular weight excluding hydrogens is 296 g/mol. The van der Waals surface area contributed by atoms with E-state index in [0.29, 0.717) is 0 Å². The van der Waals surface area contributed by atoms with Gasteiger partial charge in [0.2, 0.25) is 0 Å². The molecule has 24 heavy (non-hydrogen) atoms. The second-order valence-corrected chi connectivity index (χ2v) is 6.71. The maximum atomic E-state index is 13.2. The van der Waals surface area contributed by atoms with Gasteiger partial charge in [0, 0.05) is 22.1 Å². The predicted octanol–water partition coefficient (Wildman–Crippen LogP) is 4.94. The molecule has 0 aromatic heterocycles. The van der Waals surface area contributed by atoms with Gasteiger partial charge < -0.3 is 4.74 Å². The van der Waals surface area contributed by atoms with Crippen LogP contribution in [0.15, 0.2) is 42.5 Å². The Morgan fingerprint density at radius 2 is 1.67 bits per heavy atom. The van der Waals surface area contributed by atoms with Crippen molar-refractivity contribution in [2.75, 3.05) is 7.11 Å². The van der Waals surface area contributed by atoms with E-state index < -0.39 is 0 Å². The summed E-state index contributed by atoms with van der Waals surface area (Å²) in [5.41, 5.74) is 6.56. The summed E-state index contributed by atoms with van der Waals surface area (Å²) in [4.78, 5) is 13.2. The van der Waals surface area contributed by atoms with Crippen molar-refractivity contribution in [3.8, 4) is 16.9 Å². The lowest BCUT2D eigenvalue weighted by molar-refractivity contribution is 0.104. The van der Waals surface area contributed by atoms with Gasteiger partial charge in [0.15, 0.2) is 5.78 Å². The number of aryl methyl sites for hydroxylation is 1. The number of hydrogen-bond donors (Lipinski definition) is 0. The Kier molecular flexibility index (Phi) is 2.84. The van der Waals surface area contributed by atoms with Gasteiger partial charge >= 0.3 is 0 Å². The zero-order valence-corrected chi connectivity index (χ0v) is 13.7. The fourth-order valence-electron chi connectivity index (χ4n) is 4.41. The van der Waals surface area contributed by atoms with Crippen LogP contribution in [0, 0.1) is 0 Å². The van der Waals surface area contributed by atoms with Crippen LogP contribution in [0.25, 0.3) is 21.9 Å². The number of ketones is 1. The first-order valence-corrected chi connectivity index (χ1v) is 8.59. The van der Waals surface area contributed by atoms with E-state index in [1.165, 1.54) is 24.0 Å². The number of hydrogen-bond acceptors (Lipinski definition) is 2. The topological polar surface area (TPSA) is 26.3 Å². The highest BCUT2D eigenvalue weighted by Gasteiger charge is 2.33. The van der Waals surface area contributed by atoms with Crippen LogP contribution < -0.4 is 4.74 Å². The van der Waals surface area contributed by atoms with Gasteiger partial charge in [0.1, 0.15) is 5.75 Å². The molecule has 2 heteroatoms. The summed E-state index contributed by atoms with van der Waals surface area (Å²) in [6.45, 7) is 0. The molecule has 3 aromatic rings. The molecule has 0 spiro atoms. The van der Waals surface area contributed by atoms with Gasteiger partial charge in [0.25, 0.3) is 0 Å². The molecule has 0 bridgehead atoms. The monoisotopic (exact) mass is 314 g/mol. The Morgan fingerprint density at radius 1 is 0.875 bits per heavy atom. The summed E-state index contributed by atoms with van der Waals surface area (Å²) in [6, 6.07) is 14.5. The highest BCUT2D eigenvalue weighted by Crippen LogP contribution is 2.46. The van der Waals surface area contributed by atoms with Crippen LogP contribution in [-0.2, 0) is 12.8 Å². The summed E-state index contributed by atoms with van der Waals surface area (Å²) in [5, 5.41) is 2.17. The first-order valence-electron chi connectivity index (χ1n) is 8.59. The fraction of sp³-hybridized carbons (Fsp3) is 0.227. The number of fused-ring (bicyclic) bond motifs is 7. The molecule has 118 valence electrons. The fourth-order valence-corrected chi connectivity index (χ4v) is 4.41. The molecule has 2 aliphatic carbocycles. The minimum absolute atomic E-state index is 0.169. The number of ether oxygens (including phenoxy) is 1. The molecule has 0 unspecified atom stereocenters. The van der Waals surface area contributed by atoms with Gasteiger partial charge in [-0.2, -0.15) is 0 Å². The molecule has 0 N–H and O–H groups in total. The Labute approximate surface area is 141 Å². The van der Waals surface area contributed by atoms with Crippen LogP contribution in [0.2, 0.25) is 0 Å². The Hall–Kier alpha value is -2.61. The van der Waals surface area contributed by atoms with Crippen molar-refractivity contribution in [3.05, 3.63) is 64.7 Å². The Balaban J connectivity index is 1.90. The zero-order valence-electron chi connectivity index (χ0n) is 13.7. The SMILES string of the molecule is COc1cc2c(c3ccccc13)-c1ccc3c(c1C2=O)CCCC3. The Morgan fingerprint density at radius 3 is 2.50 bits per heavy atom. The van der Waals surface area contributed by atoms with E-state index in [2.05, 4.69) is 24.3 Å². The third-order valence-electron chi connectivity index (χ3n) is 5.50. The van der Waals surface area contributed by atoms with Crippen LogP contribution in [0.5, 0.6) is 5.75 Å². The van der Waals surface area contributed by atoms with Crippen LogP contribution in [-0.4, -0.2) is 12.9 Å². The largest absolute Gasteiger partial charge is 0.496 e. The third-order valence-corrected chi connectivity index (χ3v) is 5.50. The lowest BCUT2D eigenvalue weighted by Crippen LogP contribution is -2.09. The van der Waals surface area contributed by atoms with E-state index in [9.17, 15) is 4.79 Å². The van der Waals surface area contributed by atoms with Crippen molar-refractivity contribution in [3.63, 3.8) is 0 Å². The van der Waals surface area contributed by atoms with E-state index in [1.807, 2.05) is 18.2 Å². The molecule has 3 aromatic carbocycles. The molecule has 0 aliphatic heterocycles. The normalized spacial score (nSPS) is 15.1. The van der Waals surface area contributed by atoms with Crippen molar-refractivity contribution < 1.29 is 9.53 Å². The highest BCUT2D eigenvalue weighted by molar-refractivity contribution is 6.27. The molecule has 0 atom stereocenters. The zero-order chi connectivity index (χ0) is 16.3.